The van der Waals surface area contributed by atoms with Crippen LogP contribution >= 0.6 is 19.2 Å². The van der Waals surface area contributed by atoms with E-state index in [0.717, 1.165) is 13.2 Å². The Labute approximate surface area is 126 Å². The number of hydrogen-bond donors (Lipinski definition) is 1. The third-order valence-electron chi connectivity index (χ3n) is 2.48. The van der Waals surface area contributed by atoms with Gasteiger partial charge in [-0.25, -0.2) is 9.18 Å². The van der Waals surface area contributed by atoms with E-state index in [2.05, 4.69) is 4.52 Å². The van der Waals surface area contributed by atoms with E-state index in [0.29, 0.717) is 0 Å². The zero-order valence-electron chi connectivity index (χ0n) is 11.4. The molecule has 0 aliphatic rings. The number of esters is 1. The van der Waals surface area contributed by atoms with Crippen LogP contribution in [-0.2, 0) is 18.6 Å². The highest BCUT2D eigenvalue weighted by atomic mass is 35.5. The fourth-order valence-electron chi connectivity index (χ4n) is 1.41. The lowest BCUT2D eigenvalue weighted by atomic mass is 10.3. The maximum Gasteiger partial charge on any atom is 0.368 e. The Balaban J connectivity index is 2.59. The van der Waals surface area contributed by atoms with Crippen molar-refractivity contribution in [2.24, 2.45) is 0 Å². The summed E-state index contributed by atoms with van der Waals surface area (Å²) < 4.78 is 39.1. The van der Waals surface area contributed by atoms with Gasteiger partial charge in [0.2, 0.25) is 5.85 Å². The molecule has 21 heavy (non-hydrogen) atoms. The lowest BCUT2D eigenvalue weighted by Gasteiger charge is -2.20. The number of rotatable bonds is 7. The fraction of sp³-hybridized carbons (Fsp3) is 0.417. The van der Waals surface area contributed by atoms with Gasteiger partial charge in [-0.2, -0.15) is 0 Å². The molecule has 0 aliphatic heterocycles. The maximum absolute atomic E-state index is 13.4. The smallest absolute Gasteiger partial charge is 0.368 e. The molecule has 2 unspecified atom stereocenters. The number of ether oxygens (including phenoxy) is 2. The largest absolute Gasteiger partial charge is 0.479 e. The monoisotopic (exact) mass is 340 g/mol. The molecular weight excluding hydrogens is 326 g/mol. The molecular formula is C12H15ClFO6P. The highest BCUT2D eigenvalue weighted by Crippen LogP contribution is 2.48. The maximum atomic E-state index is 13.4. The molecule has 1 rings (SSSR count). The van der Waals surface area contributed by atoms with Gasteiger partial charge in [0.15, 0.2) is 18.2 Å². The van der Waals surface area contributed by atoms with Crippen molar-refractivity contribution < 1.29 is 32.6 Å². The second-order valence-corrected chi connectivity index (χ2v) is 6.47. The molecule has 0 radical (unpaired) electrons. The molecule has 0 saturated carbocycles. The minimum absolute atomic E-state index is 0.0860. The quantitative estimate of drug-likeness (QED) is 0.607. The van der Waals surface area contributed by atoms with Crippen molar-refractivity contribution in [3.05, 3.63) is 29.0 Å². The van der Waals surface area contributed by atoms with Gasteiger partial charge in [0, 0.05) is 12.1 Å². The molecule has 0 amide bonds. The minimum atomic E-state index is -4.04. The van der Waals surface area contributed by atoms with E-state index < -0.39 is 31.8 Å². The Hall–Kier alpha value is -1.14. The second-order valence-electron chi connectivity index (χ2n) is 3.96. The molecule has 0 bridgehead atoms. The van der Waals surface area contributed by atoms with Crippen LogP contribution in [0.3, 0.4) is 0 Å². The summed E-state index contributed by atoms with van der Waals surface area (Å²) in [6.07, 6.45) is 0.0860. The van der Waals surface area contributed by atoms with Crippen LogP contribution in [0.2, 0.25) is 5.02 Å². The van der Waals surface area contributed by atoms with Gasteiger partial charge in [-0.15, -0.1) is 0 Å². The van der Waals surface area contributed by atoms with Crippen LogP contribution in [-0.4, -0.2) is 30.4 Å². The van der Waals surface area contributed by atoms with E-state index in [1.165, 1.54) is 12.1 Å². The summed E-state index contributed by atoms with van der Waals surface area (Å²) in [5.74, 6) is -3.12. The molecule has 0 heterocycles. The number of benzene rings is 1. The van der Waals surface area contributed by atoms with Crippen LogP contribution in [0, 0.1) is 5.82 Å². The molecule has 2 atom stereocenters. The second kappa shape index (κ2) is 7.75. The topological polar surface area (TPSA) is 82.1 Å². The minimum Gasteiger partial charge on any atom is -0.479 e. The van der Waals surface area contributed by atoms with Crippen molar-refractivity contribution in [1.82, 2.24) is 0 Å². The van der Waals surface area contributed by atoms with Gasteiger partial charge in [-0.05, 0) is 24.6 Å². The van der Waals surface area contributed by atoms with Gasteiger partial charge in [0.25, 0.3) is 0 Å². The summed E-state index contributed by atoms with van der Waals surface area (Å²) in [6, 6.07) is 3.69. The van der Waals surface area contributed by atoms with Crippen molar-refractivity contribution >= 4 is 25.2 Å². The third kappa shape index (κ3) is 5.28. The highest BCUT2D eigenvalue weighted by molar-refractivity contribution is 7.53. The first-order chi connectivity index (χ1) is 9.80. The molecule has 1 aromatic carbocycles. The normalized spacial score (nSPS) is 15.1. The standard InChI is InChI=1S/C12H15ClFO6P/c1-3-12(21(16,17)18-2)20-11(15)7-19-10-5-4-8(13)6-9(10)14/h4-6,12H,3,7H2,1-2H3,(H,16,17). The lowest BCUT2D eigenvalue weighted by Crippen LogP contribution is -2.23. The Bertz CT molecular complexity index is 553. The number of carbonyl (C=O) groups excluding carboxylic acids is 1. The van der Waals surface area contributed by atoms with Crippen molar-refractivity contribution in [2.75, 3.05) is 13.7 Å². The van der Waals surface area contributed by atoms with Crippen LogP contribution in [0.25, 0.3) is 0 Å². The fourth-order valence-corrected chi connectivity index (χ4v) is 2.52. The first-order valence-corrected chi connectivity index (χ1v) is 7.98. The van der Waals surface area contributed by atoms with Gasteiger partial charge in [-0.3, -0.25) is 4.57 Å². The molecule has 0 aliphatic carbocycles. The van der Waals surface area contributed by atoms with Gasteiger partial charge >= 0.3 is 13.6 Å². The third-order valence-corrected chi connectivity index (χ3v) is 4.44. The molecule has 9 heteroatoms. The summed E-state index contributed by atoms with van der Waals surface area (Å²) >= 11 is 5.57. The molecule has 1 aromatic rings. The van der Waals surface area contributed by atoms with E-state index in [4.69, 9.17) is 21.1 Å². The molecule has 0 aromatic heterocycles. The Kier molecular flexibility index (Phi) is 6.61. The zero-order valence-corrected chi connectivity index (χ0v) is 13.1. The van der Waals surface area contributed by atoms with Crippen molar-refractivity contribution in [3.63, 3.8) is 0 Å². The summed E-state index contributed by atoms with van der Waals surface area (Å²) in [7, 11) is -3.00. The SMILES string of the molecule is CCC(OC(=O)COc1ccc(Cl)cc1F)P(=O)(O)OC. The van der Waals surface area contributed by atoms with E-state index in [9.17, 15) is 18.6 Å². The van der Waals surface area contributed by atoms with Crippen LogP contribution in [0.1, 0.15) is 13.3 Å². The first-order valence-electron chi connectivity index (χ1n) is 5.95. The average molecular weight is 341 g/mol. The predicted octanol–water partition coefficient (Wildman–Crippen LogP) is 2.97. The van der Waals surface area contributed by atoms with E-state index >= 15 is 0 Å². The summed E-state index contributed by atoms with van der Waals surface area (Å²) in [4.78, 5) is 21.0. The molecule has 0 spiro atoms. The molecule has 0 fully saturated rings. The molecule has 118 valence electrons. The van der Waals surface area contributed by atoms with Crippen molar-refractivity contribution in [2.45, 2.75) is 19.2 Å². The zero-order chi connectivity index (χ0) is 16.0. The van der Waals surface area contributed by atoms with Crippen LogP contribution < -0.4 is 4.74 Å². The first kappa shape index (κ1) is 17.9. The predicted molar refractivity (Wildman–Crippen MR) is 73.9 cm³/mol. The molecule has 0 saturated heterocycles. The summed E-state index contributed by atoms with van der Waals surface area (Å²) in [5, 5.41) is 0.190. The van der Waals surface area contributed by atoms with Crippen molar-refractivity contribution in [3.8, 4) is 5.75 Å². The van der Waals surface area contributed by atoms with Crippen LogP contribution in [0.5, 0.6) is 5.75 Å². The van der Waals surface area contributed by atoms with Crippen LogP contribution in [0.4, 0.5) is 4.39 Å². The number of halogens is 2. The van der Waals surface area contributed by atoms with Crippen molar-refractivity contribution in [1.29, 1.82) is 0 Å². The number of hydrogen-bond acceptors (Lipinski definition) is 5. The highest BCUT2D eigenvalue weighted by Gasteiger charge is 2.33. The number of carbonyl (C=O) groups is 1. The van der Waals surface area contributed by atoms with Gasteiger partial charge in [0.1, 0.15) is 0 Å². The van der Waals surface area contributed by atoms with E-state index in [1.54, 1.807) is 6.92 Å². The summed E-state index contributed by atoms with van der Waals surface area (Å²) in [5.41, 5.74) is 0. The van der Waals surface area contributed by atoms with Gasteiger partial charge < -0.3 is 18.9 Å². The Morgan fingerprint density at radius 1 is 1.52 bits per heavy atom. The molecule has 6 nitrogen and oxygen atoms in total. The summed E-state index contributed by atoms with van der Waals surface area (Å²) in [6.45, 7) is 0.943. The lowest BCUT2D eigenvalue weighted by molar-refractivity contribution is -0.148. The Morgan fingerprint density at radius 3 is 2.71 bits per heavy atom. The van der Waals surface area contributed by atoms with Crippen LogP contribution in [0.15, 0.2) is 18.2 Å². The van der Waals surface area contributed by atoms with Gasteiger partial charge in [-0.1, -0.05) is 18.5 Å². The molecule has 1 N–H and O–H groups in total. The Morgan fingerprint density at radius 2 is 2.19 bits per heavy atom. The van der Waals surface area contributed by atoms with E-state index in [-0.39, 0.29) is 17.2 Å². The average Bonchev–Trinajstić information content (AvgIpc) is 2.43. The van der Waals surface area contributed by atoms with E-state index in [1.807, 2.05) is 0 Å². The van der Waals surface area contributed by atoms with Gasteiger partial charge in [0.05, 0.1) is 0 Å².